The molecule has 0 bridgehead atoms. The van der Waals surface area contributed by atoms with E-state index in [0.29, 0.717) is 16.4 Å². The van der Waals surface area contributed by atoms with Crippen molar-refractivity contribution < 1.29 is 4.39 Å². The Kier molecular flexibility index (Phi) is 3.91. The molecule has 0 aliphatic heterocycles. The number of aromatic nitrogens is 3. The van der Waals surface area contributed by atoms with Gasteiger partial charge in [0.05, 0.1) is 6.33 Å². The molecule has 0 radical (unpaired) electrons. The molecule has 1 aromatic carbocycles. The number of H-pyrrole nitrogens is 1. The lowest BCUT2D eigenvalue weighted by Gasteiger charge is -2.23. The SMILES string of the molecule is Cl.O=c1c2[nH]c3ccc(F)cc3c2ncn1C1CCCCC1. The maximum absolute atomic E-state index is 13.4. The van der Waals surface area contributed by atoms with E-state index in [4.69, 9.17) is 0 Å². The average molecular weight is 322 g/mol. The molecule has 0 saturated heterocycles. The number of benzene rings is 1. The number of hydrogen-bond acceptors (Lipinski definition) is 2. The van der Waals surface area contributed by atoms with Gasteiger partial charge < -0.3 is 4.98 Å². The second-order valence-corrected chi connectivity index (χ2v) is 5.79. The van der Waals surface area contributed by atoms with Crippen molar-refractivity contribution in [3.8, 4) is 0 Å². The Morgan fingerprint density at radius 3 is 2.77 bits per heavy atom. The fourth-order valence-corrected chi connectivity index (χ4v) is 3.36. The van der Waals surface area contributed by atoms with Crippen LogP contribution in [0.15, 0.2) is 29.3 Å². The van der Waals surface area contributed by atoms with Gasteiger partial charge in [0.15, 0.2) is 0 Å². The molecule has 2 heterocycles. The lowest BCUT2D eigenvalue weighted by molar-refractivity contribution is 0.345. The van der Waals surface area contributed by atoms with E-state index in [1.54, 1.807) is 17.0 Å². The van der Waals surface area contributed by atoms with Gasteiger partial charge >= 0.3 is 0 Å². The van der Waals surface area contributed by atoms with E-state index >= 15 is 0 Å². The zero-order valence-corrected chi connectivity index (χ0v) is 12.8. The number of nitrogens with one attached hydrogen (secondary N) is 1. The predicted molar refractivity (Wildman–Crippen MR) is 87.2 cm³/mol. The molecule has 0 amide bonds. The fraction of sp³-hybridized carbons (Fsp3) is 0.375. The van der Waals surface area contributed by atoms with Gasteiger partial charge in [0.2, 0.25) is 0 Å². The van der Waals surface area contributed by atoms with Crippen LogP contribution in [0.1, 0.15) is 38.1 Å². The monoisotopic (exact) mass is 321 g/mol. The second kappa shape index (κ2) is 5.72. The largest absolute Gasteiger partial charge is 0.349 e. The van der Waals surface area contributed by atoms with Crippen LogP contribution in [0.3, 0.4) is 0 Å². The third kappa shape index (κ3) is 2.29. The van der Waals surface area contributed by atoms with Crippen molar-refractivity contribution in [1.29, 1.82) is 0 Å². The van der Waals surface area contributed by atoms with Crippen LogP contribution in [0.5, 0.6) is 0 Å². The van der Waals surface area contributed by atoms with Crippen LogP contribution in [0.2, 0.25) is 0 Å². The summed E-state index contributed by atoms with van der Waals surface area (Å²) in [5.74, 6) is -0.318. The lowest BCUT2D eigenvalue weighted by Crippen LogP contribution is -2.26. The standard InChI is InChI=1S/C16H16FN3O.ClH/c17-10-6-7-13-12(8-10)14-15(19-13)16(21)20(9-18-14)11-4-2-1-3-5-11;/h6-9,11,19H,1-5H2;1H. The van der Waals surface area contributed by atoms with Crippen LogP contribution in [0.4, 0.5) is 4.39 Å². The highest BCUT2D eigenvalue weighted by atomic mass is 35.5. The van der Waals surface area contributed by atoms with Crippen molar-refractivity contribution >= 4 is 34.3 Å². The van der Waals surface area contributed by atoms with Crippen LogP contribution in [-0.4, -0.2) is 14.5 Å². The van der Waals surface area contributed by atoms with Crippen molar-refractivity contribution in [2.75, 3.05) is 0 Å². The molecule has 116 valence electrons. The van der Waals surface area contributed by atoms with Crippen LogP contribution in [0.25, 0.3) is 21.9 Å². The Morgan fingerprint density at radius 2 is 2.00 bits per heavy atom. The molecule has 0 atom stereocenters. The third-order valence-corrected chi connectivity index (χ3v) is 4.46. The average Bonchev–Trinajstić information content (AvgIpc) is 2.87. The summed E-state index contributed by atoms with van der Waals surface area (Å²) < 4.78 is 15.1. The number of rotatable bonds is 1. The van der Waals surface area contributed by atoms with Gasteiger partial charge in [0.1, 0.15) is 16.9 Å². The first kappa shape index (κ1) is 15.0. The number of aromatic amines is 1. The summed E-state index contributed by atoms with van der Waals surface area (Å²) in [5, 5.41) is 0.665. The summed E-state index contributed by atoms with van der Waals surface area (Å²) >= 11 is 0. The Morgan fingerprint density at radius 1 is 1.23 bits per heavy atom. The second-order valence-electron chi connectivity index (χ2n) is 5.79. The molecule has 0 unspecified atom stereocenters. The molecule has 6 heteroatoms. The number of hydrogen-bond donors (Lipinski definition) is 1. The van der Waals surface area contributed by atoms with E-state index in [0.717, 1.165) is 31.2 Å². The van der Waals surface area contributed by atoms with Crippen molar-refractivity contribution in [3.05, 3.63) is 40.7 Å². The van der Waals surface area contributed by atoms with E-state index in [2.05, 4.69) is 9.97 Å². The van der Waals surface area contributed by atoms with Gasteiger partial charge in [-0.15, -0.1) is 12.4 Å². The van der Waals surface area contributed by atoms with Gasteiger partial charge in [-0.25, -0.2) is 9.37 Å². The minimum atomic E-state index is -0.318. The normalized spacial score (nSPS) is 16.0. The molecule has 3 aromatic rings. The van der Waals surface area contributed by atoms with Crippen molar-refractivity contribution in [2.24, 2.45) is 0 Å². The van der Waals surface area contributed by atoms with Gasteiger partial charge in [0.25, 0.3) is 5.56 Å². The highest BCUT2D eigenvalue weighted by Gasteiger charge is 2.19. The summed E-state index contributed by atoms with van der Waals surface area (Å²) in [7, 11) is 0. The molecule has 4 rings (SSSR count). The van der Waals surface area contributed by atoms with Crippen LogP contribution in [-0.2, 0) is 0 Å². The van der Waals surface area contributed by atoms with E-state index in [-0.39, 0.29) is 29.8 Å². The van der Waals surface area contributed by atoms with Crippen molar-refractivity contribution in [2.45, 2.75) is 38.1 Å². The Labute approximate surface area is 132 Å². The molecule has 1 aliphatic carbocycles. The summed E-state index contributed by atoms with van der Waals surface area (Å²) in [6, 6.07) is 4.70. The summed E-state index contributed by atoms with van der Waals surface area (Å²) in [6.45, 7) is 0. The maximum atomic E-state index is 13.4. The van der Waals surface area contributed by atoms with E-state index < -0.39 is 0 Å². The Balaban J connectivity index is 0.00000144. The Bertz CT molecular complexity index is 880. The fourth-order valence-electron chi connectivity index (χ4n) is 3.36. The summed E-state index contributed by atoms with van der Waals surface area (Å²) in [4.78, 5) is 20.2. The van der Waals surface area contributed by atoms with Crippen LogP contribution in [0, 0.1) is 5.82 Å². The molecule has 4 nitrogen and oxygen atoms in total. The van der Waals surface area contributed by atoms with Gasteiger partial charge in [-0.2, -0.15) is 0 Å². The highest BCUT2D eigenvalue weighted by molar-refractivity contribution is 6.04. The smallest absolute Gasteiger partial charge is 0.277 e. The lowest BCUT2D eigenvalue weighted by atomic mass is 9.95. The van der Waals surface area contributed by atoms with E-state index in [1.807, 2.05) is 0 Å². The van der Waals surface area contributed by atoms with Crippen molar-refractivity contribution in [3.63, 3.8) is 0 Å². The molecule has 2 aromatic heterocycles. The van der Waals surface area contributed by atoms with Gasteiger partial charge in [-0.05, 0) is 31.0 Å². The number of halogens is 2. The summed E-state index contributed by atoms with van der Waals surface area (Å²) in [5.41, 5.74) is 1.73. The third-order valence-electron chi connectivity index (χ3n) is 4.46. The first-order valence-electron chi connectivity index (χ1n) is 7.42. The molecule has 1 N–H and O–H groups in total. The van der Waals surface area contributed by atoms with Crippen LogP contribution < -0.4 is 5.56 Å². The zero-order chi connectivity index (χ0) is 14.4. The molecule has 0 spiro atoms. The zero-order valence-electron chi connectivity index (χ0n) is 12.0. The minimum Gasteiger partial charge on any atom is -0.349 e. The first-order valence-corrected chi connectivity index (χ1v) is 7.42. The number of fused-ring (bicyclic) bond motifs is 3. The highest BCUT2D eigenvalue weighted by Crippen LogP contribution is 2.28. The molecular weight excluding hydrogens is 305 g/mol. The first-order chi connectivity index (χ1) is 10.2. The molecular formula is C16H17ClFN3O. The van der Waals surface area contributed by atoms with Gasteiger partial charge in [-0.3, -0.25) is 9.36 Å². The number of nitrogens with zero attached hydrogens (tertiary/aromatic N) is 2. The Hall–Kier alpha value is -1.88. The van der Waals surface area contributed by atoms with E-state index in [9.17, 15) is 9.18 Å². The molecule has 1 aliphatic rings. The molecule has 1 fully saturated rings. The van der Waals surface area contributed by atoms with Crippen molar-refractivity contribution in [1.82, 2.24) is 14.5 Å². The van der Waals surface area contributed by atoms with E-state index in [1.165, 1.54) is 18.6 Å². The summed E-state index contributed by atoms with van der Waals surface area (Å²) in [6.07, 6.45) is 7.25. The predicted octanol–water partition coefficient (Wildman–Crippen LogP) is 3.94. The van der Waals surface area contributed by atoms with Crippen LogP contribution >= 0.6 is 12.4 Å². The quantitative estimate of drug-likeness (QED) is 0.738. The topological polar surface area (TPSA) is 50.7 Å². The minimum absolute atomic E-state index is 0. The molecule has 1 saturated carbocycles. The van der Waals surface area contributed by atoms with Gasteiger partial charge in [0, 0.05) is 16.9 Å². The van der Waals surface area contributed by atoms with Gasteiger partial charge in [-0.1, -0.05) is 19.3 Å². The maximum Gasteiger partial charge on any atom is 0.277 e. The molecule has 22 heavy (non-hydrogen) atoms.